The molecule has 0 spiro atoms. The number of halogens is 1. The Morgan fingerprint density at radius 2 is 2.20 bits per heavy atom. The maximum atomic E-state index is 13.4. The predicted molar refractivity (Wildman–Crippen MR) is 73.2 cm³/mol. The van der Waals surface area contributed by atoms with E-state index in [2.05, 4.69) is 10.4 Å². The number of hydrogen-bond acceptors (Lipinski definition) is 4. The van der Waals surface area contributed by atoms with Gasteiger partial charge >= 0.3 is 0 Å². The van der Waals surface area contributed by atoms with Gasteiger partial charge in [0.15, 0.2) is 0 Å². The molecule has 7 heteroatoms. The standard InChI is InChI=1S/C13H15FN4O2/c1-9-7-16-17(8-9)4-3-15-12-5-10(2)11(14)6-13(12)18(19)20/h5-8,15H,3-4H2,1-2H3. The van der Waals surface area contributed by atoms with Crippen molar-refractivity contribution in [3.05, 3.63) is 51.6 Å². The van der Waals surface area contributed by atoms with Crippen LogP contribution in [0.15, 0.2) is 24.5 Å². The molecule has 2 rings (SSSR count). The normalized spacial score (nSPS) is 10.6. The molecule has 0 atom stereocenters. The third kappa shape index (κ3) is 3.11. The zero-order chi connectivity index (χ0) is 14.7. The number of benzene rings is 1. The largest absolute Gasteiger partial charge is 0.378 e. The van der Waals surface area contributed by atoms with Gasteiger partial charge in [-0.05, 0) is 31.0 Å². The van der Waals surface area contributed by atoms with Gasteiger partial charge in [-0.1, -0.05) is 0 Å². The average molecular weight is 278 g/mol. The highest BCUT2D eigenvalue weighted by Gasteiger charge is 2.16. The lowest BCUT2D eigenvalue weighted by Crippen LogP contribution is -2.12. The second kappa shape index (κ2) is 5.68. The van der Waals surface area contributed by atoms with Gasteiger partial charge in [0.05, 0.1) is 23.7 Å². The molecule has 0 saturated carbocycles. The van der Waals surface area contributed by atoms with Crippen molar-refractivity contribution in [1.29, 1.82) is 0 Å². The molecule has 1 aromatic heterocycles. The van der Waals surface area contributed by atoms with E-state index in [1.165, 1.54) is 6.07 Å². The van der Waals surface area contributed by atoms with Crippen molar-refractivity contribution in [2.24, 2.45) is 0 Å². The molecule has 0 aliphatic heterocycles. The number of aromatic nitrogens is 2. The summed E-state index contributed by atoms with van der Waals surface area (Å²) in [5.74, 6) is -0.579. The number of rotatable bonds is 5. The number of aryl methyl sites for hydroxylation is 2. The first-order valence-corrected chi connectivity index (χ1v) is 6.15. The van der Waals surface area contributed by atoms with Crippen molar-refractivity contribution in [2.45, 2.75) is 20.4 Å². The SMILES string of the molecule is Cc1cnn(CCNc2cc(C)c(F)cc2[N+](=O)[O-])c1. The summed E-state index contributed by atoms with van der Waals surface area (Å²) in [6.07, 6.45) is 3.62. The summed E-state index contributed by atoms with van der Waals surface area (Å²) in [5, 5.41) is 18.0. The topological polar surface area (TPSA) is 73.0 Å². The van der Waals surface area contributed by atoms with Crippen molar-refractivity contribution in [2.75, 3.05) is 11.9 Å². The number of nitrogens with one attached hydrogen (secondary N) is 1. The second-order valence-corrected chi connectivity index (χ2v) is 4.58. The van der Waals surface area contributed by atoms with Gasteiger partial charge in [0.1, 0.15) is 11.5 Å². The number of nitrogens with zero attached hydrogens (tertiary/aromatic N) is 3. The molecule has 20 heavy (non-hydrogen) atoms. The van der Waals surface area contributed by atoms with Crippen LogP contribution >= 0.6 is 0 Å². The van der Waals surface area contributed by atoms with Crippen LogP contribution < -0.4 is 5.32 Å². The molecule has 0 bridgehead atoms. The maximum Gasteiger partial charge on any atom is 0.295 e. The lowest BCUT2D eigenvalue weighted by atomic mass is 10.2. The van der Waals surface area contributed by atoms with Gasteiger partial charge in [0, 0.05) is 12.7 Å². The van der Waals surface area contributed by atoms with Gasteiger partial charge < -0.3 is 5.32 Å². The lowest BCUT2D eigenvalue weighted by Gasteiger charge is -2.08. The van der Waals surface area contributed by atoms with E-state index in [0.29, 0.717) is 24.3 Å². The first-order valence-electron chi connectivity index (χ1n) is 6.15. The van der Waals surface area contributed by atoms with Crippen LogP contribution in [-0.2, 0) is 6.54 Å². The molecule has 0 aliphatic carbocycles. The molecular formula is C13H15FN4O2. The summed E-state index contributed by atoms with van der Waals surface area (Å²) < 4.78 is 15.1. The van der Waals surface area contributed by atoms with E-state index in [0.717, 1.165) is 11.6 Å². The molecule has 0 unspecified atom stereocenters. The summed E-state index contributed by atoms with van der Waals surface area (Å²) in [6, 6.07) is 2.39. The summed E-state index contributed by atoms with van der Waals surface area (Å²) in [4.78, 5) is 10.3. The van der Waals surface area contributed by atoms with Crippen molar-refractivity contribution >= 4 is 11.4 Å². The van der Waals surface area contributed by atoms with E-state index < -0.39 is 10.7 Å². The van der Waals surface area contributed by atoms with Gasteiger partial charge in [-0.2, -0.15) is 5.10 Å². The molecule has 0 saturated heterocycles. The van der Waals surface area contributed by atoms with Crippen molar-refractivity contribution < 1.29 is 9.31 Å². The molecule has 1 N–H and O–H groups in total. The molecular weight excluding hydrogens is 263 g/mol. The van der Waals surface area contributed by atoms with E-state index in [1.807, 2.05) is 13.1 Å². The van der Waals surface area contributed by atoms with Crippen LogP contribution in [0.4, 0.5) is 15.8 Å². The molecule has 0 radical (unpaired) electrons. The first kappa shape index (κ1) is 14.0. The van der Waals surface area contributed by atoms with Gasteiger partial charge in [-0.25, -0.2) is 4.39 Å². The van der Waals surface area contributed by atoms with Gasteiger partial charge in [-0.15, -0.1) is 0 Å². The van der Waals surface area contributed by atoms with Crippen molar-refractivity contribution in [3.63, 3.8) is 0 Å². The Morgan fingerprint density at radius 3 is 2.80 bits per heavy atom. The minimum absolute atomic E-state index is 0.259. The monoisotopic (exact) mass is 278 g/mol. The highest BCUT2D eigenvalue weighted by Crippen LogP contribution is 2.27. The molecule has 0 aliphatic rings. The minimum Gasteiger partial charge on any atom is -0.378 e. The molecule has 1 aromatic carbocycles. The Bertz CT molecular complexity index is 639. The summed E-state index contributed by atoms with van der Waals surface area (Å²) in [7, 11) is 0. The fourth-order valence-electron chi connectivity index (χ4n) is 1.86. The number of hydrogen-bond donors (Lipinski definition) is 1. The highest BCUT2D eigenvalue weighted by atomic mass is 19.1. The van der Waals surface area contributed by atoms with Gasteiger partial charge in [0.2, 0.25) is 0 Å². The van der Waals surface area contributed by atoms with Crippen molar-refractivity contribution in [3.8, 4) is 0 Å². The minimum atomic E-state index is -0.594. The number of nitro benzene ring substituents is 1. The number of anilines is 1. The summed E-state index contributed by atoms with van der Waals surface area (Å²) in [6.45, 7) is 4.54. The Labute approximate surface area is 115 Å². The van der Waals surface area contributed by atoms with Crippen LogP contribution in [0.2, 0.25) is 0 Å². The highest BCUT2D eigenvalue weighted by molar-refractivity contribution is 5.63. The van der Waals surface area contributed by atoms with Crippen LogP contribution in [0.5, 0.6) is 0 Å². The van der Waals surface area contributed by atoms with Crippen LogP contribution in [0.3, 0.4) is 0 Å². The zero-order valence-corrected chi connectivity index (χ0v) is 11.3. The second-order valence-electron chi connectivity index (χ2n) is 4.58. The fraction of sp³-hybridized carbons (Fsp3) is 0.308. The Kier molecular flexibility index (Phi) is 3.97. The third-order valence-corrected chi connectivity index (χ3v) is 2.89. The smallest absolute Gasteiger partial charge is 0.295 e. The first-order chi connectivity index (χ1) is 9.47. The molecule has 2 aromatic rings. The van der Waals surface area contributed by atoms with Crippen LogP contribution in [0.1, 0.15) is 11.1 Å². The summed E-state index contributed by atoms with van der Waals surface area (Å²) in [5.41, 5.74) is 1.48. The summed E-state index contributed by atoms with van der Waals surface area (Å²) >= 11 is 0. The van der Waals surface area contributed by atoms with Crippen LogP contribution in [0, 0.1) is 29.8 Å². The van der Waals surface area contributed by atoms with E-state index >= 15 is 0 Å². The van der Waals surface area contributed by atoms with E-state index in [-0.39, 0.29) is 5.69 Å². The average Bonchev–Trinajstić information content (AvgIpc) is 2.79. The third-order valence-electron chi connectivity index (χ3n) is 2.89. The Hall–Kier alpha value is -2.44. The van der Waals surface area contributed by atoms with Crippen LogP contribution in [-0.4, -0.2) is 21.2 Å². The van der Waals surface area contributed by atoms with Crippen LogP contribution in [0.25, 0.3) is 0 Å². The predicted octanol–water partition coefficient (Wildman–Crippen LogP) is 2.66. The Morgan fingerprint density at radius 1 is 1.45 bits per heavy atom. The molecule has 0 fully saturated rings. The fourth-order valence-corrected chi connectivity index (χ4v) is 1.86. The van der Waals surface area contributed by atoms with E-state index in [1.54, 1.807) is 17.8 Å². The molecule has 0 amide bonds. The van der Waals surface area contributed by atoms with Crippen molar-refractivity contribution in [1.82, 2.24) is 9.78 Å². The molecule has 6 nitrogen and oxygen atoms in total. The lowest BCUT2D eigenvalue weighted by molar-refractivity contribution is -0.384. The van der Waals surface area contributed by atoms with Gasteiger partial charge in [0.25, 0.3) is 5.69 Å². The maximum absolute atomic E-state index is 13.4. The van der Waals surface area contributed by atoms with E-state index in [9.17, 15) is 14.5 Å². The quantitative estimate of drug-likeness (QED) is 0.674. The molecule has 106 valence electrons. The van der Waals surface area contributed by atoms with E-state index in [4.69, 9.17) is 0 Å². The zero-order valence-electron chi connectivity index (χ0n) is 11.3. The van der Waals surface area contributed by atoms with Gasteiger partial charge in [-0.3, -0.25) is 14.8 Å². The Balaban J connectivity index is 2.08. The number of nitro groups is 1. The molecule has 1 heterocycles.